The minimum Gasteiger partial charge on any atom is -0.493 e. The molecule has 2 rings (SSSR count). The van der Waals surface area contributed by atoms with Gasteiger partial charge in [0.25, 0.3) is 5.91 Å². The SMILES string of the molecule is COc1cc(C(=O)N2CCCC(C(=O)O)C2)c(Br)c(OC)c1OC. The zero-order chi connectivity index (χ0) is 17.9. The van der Waals surface area contributed by atoms with Gasteiger partial charge < -0.3 is 24.2 Å². The van der Waals surface area contributed by atoms with Crippen LogP contribution in [0, 0.1) is 5.92 Å². The van der Waals surface area contributed by atoms with Crippen LogP contribution in [0.5, 0.6) is 17.2 Å². The van der Waals surface area contributed by atoms with Crippen molar-refractivity contribution in [3.63, 3.8) is 0 Å². The fraction of sp³-hybridized carbons (Fsp3) is 0.500. The van der Waals surface area contributed by atoms with Crippen LogP contribution in [0.4, 0.5) is 0 Å². The Hall–Kier alpha value is -1.96. The van der Waals surface area contributed by atoms with Gasteiger partial charge in [-0.1, -0.05) is 0 Å². The van der Waals surface area contributed by atoms with E-state index in [1.165, 1.54) is 21.3 Å². The molecule has 1 aromatic carbocycles. The lowest BCUT2D eigenvalue weighted by Gasteiger charge is -2.31. The number of hydrogen-bond donors (Lipinski definition) is 1. The Kier molecular flexibility index (Phi) is 5.93. The highest BCUT2D eigenvalue weighted by Gasteiger charge is 2.31. The summed E-state index contributed by atoms with van der Waals surface area (Å²) in [5.41, 5.74) is 0.343. The van der Waals surface area contributed by atoms with Crippen LogP contribution < -0.4 is 14.2 Å². The Morgan fingerprint density at radius 1 is 1.21 bits per heavy atom. The zero-order valence-electron chi connectivity index (χ0n) is 13.8. The van der Waals surface area contributed by atoms with Crippen molar-refractivity contribution < 1.29 is 28.9 Å². The lowest BCUT2D eigenvalue weighted by molar-refractivity contribution is -0.143. The number of methoxy groups -OCH3 is 3. The van der Waals surface area contributed by atoms with Gasteiger partial charge in [-0.15, -0.1) is 0 Å². The normalized spacial score (nSPS) is 17.3. The van der Waals surface area contributed by atoms with Crippen molar-refractivity contribution in [3.05, 3.63) is 16.1 Å². The van der Waals surface area contributed by atoms with Crippen LogP contribution in [0.3, 0.4) is 0 Å². The maximum Gasteiger partial charge on any atom is 0.308 e. The molecular weight excluding hydrogens is 382 g/mol. The van der Waals surface area contributed by atoms with Crippen LogP contribution in [0.2, 0.25) is 0 Å². The van der Waals surface area contributed by atoms with Crippen molar-refractivity contribution in [1.82, 2.24) is 4.90 Å². The van der Waals surface area contributed by atoms with Crippen molar-refractivity contribution >= 4 is 27.8 Å². The number of amides is 1. The number of benzene rings is 1. The summed E-state index contributed by atoms with van der Waals surface area (Å²) in [5.74, 6) is -0.586. The van der Waals surface area contributed by atoms with Crippen LogP contribution in [0.1, 0.15) is 23.2 Å². The van der Waals surface area contributed by atoms with E-state index in [2.05, 4.69) is 15.9 Å². The first-order valence-electron chi connectivity index (χ1n) is 7.45. The Morgan fingerprint density at radius 3 is 2.42 bits per heavy atom. The maximum absolute atomic E-state index is 12.9. The third-order valence-corrected chi connectivity index (χ3v) is 4.84. The van der Waals surface area contributed by atoms with Gasteiger partial charge in [-0.25, -0.2) is 0 Å². The van der Waals surface area contributed by atoms with E-state index in [1.54, 1.807) is 11.0 Å². The summed E-state index contributed by atoms with van der Waals surface area (Å²) < 4.78 is 16.3. The van der Waals surface area contributed by atoms with Gasteiger partial charge in [0.1, 0.15) is 0 Å². The van der Waals surface area contributed by atoms with Gasteiger partial charge in [0, 0.05) is 13.1 Å². The number of carbonyl (C=O) groups is 2. The second-order valence-corrected chi connectivity index (χ2v) is 6.23. The molecule has 132 valence electrons. The number of carboxylic acid groups (broad SMARTS) is 1. The van der Waals surface area contributed by atoms with E-state index in [4.69, 9.17) is 14.2 Å². The van der Waals surface area contributed by atoms with Gasteiger partial charge in [-0.2, -0.15) is 0 Å². The van der Waals surface area contributed by atoms with Crippen LogP contribution in [0.15, 0.2) is 10.5 Å². The van der Waals surface area contributed by atoms with E-state index in [1.807, 2.05) is 0 Å². The first-order valence-corrected chi connectivity index (χ1v) is 8.24. The van der Waals surface area contributed by atoms with E-state index in [0.717, 1.165) is 0 Å². The average Bonchev–Trinajstić information content (AvgIpc) is 2.60. The molecule has 1 aliphatic heterocycles. The van der Waals surface area contributed by atoms with Crippen molar-refractivity contribution in [2.45, 2.75) is 12.8 Å². The molecule has 1 heterocycles. The molecule has 1 fully saturated rings. The number of aliphatic carboxylic acids is 1. The summed E-state index contributed by atoms with van der Waals surface area (Å²) in [6.45, 7) is 0.711. The number of ether oxygens (including phenoxy) is 3. The predicted molar refractivity (Wildman–Crippen MR) is 90.1 cm³/mol. The summed E-state index contributed by atoms with van der Waals surface area (Å²) in [7, 11) is 4.43. The molecule has 0 aliphatic carbocycles. The Labute approximate surface area is 148 Å². The lowest BCUT2D eigenvalue weighted by atomic mass is 9.97. The zero-order valence-corrected chi connectivity index (χ0v) is 15.4. The van der Waals surface area contributed by atoms with Crippen LogP contribution >= 0.6 is 15.9 Å². The number of carbonyl (C=O) groups excluding carboxylic acids is 1. The number of hydrogen-bond acceptors (Lipinski definition) is 5. The summed E-state index contributed by atoms with van der Waals surface area (Å²) in [4.78, 5) is 25.6. The Balaban J connectivity index is 2.40. The summed E-state index contributed by atoms with van der Waals surface area (Å²) in [5, 5.41) is 9.19. The molecule has 1 unspecified atom stereocenters. The summed E-state index contributed by atoms with van der Waals surface area (Å²) in [6.07, 6.45) is 1.24. The third kappa shape index (κ3) is 3.43. The molecule has 1 amide bonds. The van der Waals surface area contributed by atoms with Crippen LogP contribution in [0.25, 0.3) is 0 Å². The molecule has 0 bridgehead atoms. The standard InChI is InChI=1S/C16H20BrNO6/c1-22-11-7-10(12(17)14(24-3)13(11)23-2)15(19)18-6-4-5-9(8-18)16(20)21/h7,9H,4-6,8H2,1-3H3,(H,20,21). The molecular formula is C16H20BrNO6. The fourth-order valence-electron chi connectivity index (χ4n) is 2.81. The largest absolute Gasteiger partial charge is 0.493 e. The molecule has 8 heteroatoms. The second-order valence-electron chi connectivity index (χ2n) is 5.44. The van der Waals surface area contributed by atoms with E-state index in [0.29, 0.717) is 46.7 Å². The molecule has 24 heavy (non-hydrogen) atoms. The molecule has 0 saturated carbocycles. The first-order chi connectivity index (χ1) is 11.4. The number of piperidine rings is 1. The predicted octanol–water partition coefficient (Wildman–Crippen LogP) is 2.41. The highest BCUT2D eigenvalue weighted by molar-refractivity contribution is 9.10. The fourth-order valence-corrected chi connectivity index (χ4v) is 3.44. The summed E-state index contributed by atoms with van der Waals surface area (Å²) >= 11 is 3.38. The number of nitrogens with zero attached hydrogens (tertiary/aromatic N) is 1. The van der Waals surface area contributed by atoms with Crippen molar-refractivity contribution in [2.75, 3.05) is 34.4 Å². The number of rotatable bonds is 5. The van der Waals surface area contributed by atoms with E-state index in [-0.39, 0.29) is 12.5 Å². The van der Waals surface area contributed by atoms with E-state index in [9.17, 15) is 14.7 Å². The average molecular weight is 402 g/mol. The Bertz CT molecular complexity index is 648. The molecule has 1 saturated heterocycles. The topological polar surface area (TPSA) is 85.3 Å². The van der Waals surface area contributed by atoms with Gasteiger partial charge >= 0.3 is 5.97 Å². The number of carboxylic acids is 1. The second kappa shape index (κ2) is 7.74. The van der Waals surface area contributed by atoms with Gasteiger partial charge in [0.05, 0.1) is 37.3 Å². The third-order valence-electron chi connectivity index (χ3n) is 4.06. The molecule has 0 aromatic heterocycles. The van der Waals surface area contributed by atoms with Gasteiger partial charge in [0.2, 0.25) is 5.75 Å². The molecule has 0 spiro atoms. The Morgan fingerprint density at radius 2 is 1.88 bits per heavy atom. The highest BCUT2D eigenvalue weighted by atomic mass is 79.9. The van der Waals surface area contributed by atoms with Crippen LogP contribution in [-0.2, 0) is 4.79 Å². The van der Waals surface area contributed by atoms with E-state index < -0.39 is 11.9 Å². The minimum absolute atomic E-state index is 0.192. The van der Waals surface area contributed by atoms with Crippen molar-refractivity contribution in [1.29, 1.82) is 0 Å². The quantitative estimate of drug-likeness (QED) is 0.815. The van der Waals surface area contributed by atoms with E-state index >= 15 is 0 Å². The van der Waals surface area contributed by atoms with Gasteiger partial charge in [-0.3, -0.25) is 9.59 Å². The molecule has 1 aromatic rings. The molecule has 1 atom stereocenters. The van der Waals surface area contributed by atoms with Crippen LogP contribution in [-0.4, -0.2) is 56.3 Å². The van der Waals surface area contributed by atoms with Gasteiger partial charge in [-0.05, 0) is 34.8 Å². The minimum atomic E-state index is -0.878. The van der Waals surface area contributed by atoms with Crippen molar-refractivity contribution in [3.8, 4) is 17.2 Å². The first kappa shape index (κ1) is 18.4. The smallest absolute Gasteiger partial charge is 0.308 e. The lowest BCUT2D eigenvalue weighted by Crippen LogP contribution is -2.42. The summed E-state index contributed by atoms with van der Waals surface area (Å²) in [6, 6.07) is 1.57. The highest BCUT2D eigenvalue weighted by Crippen LogP contribution is 2.45. The van der Waals surface area contributed by atoms with Crippen molar-refractivity contribution in [2.24, 2.45) is 5.92 Å². The molecule has 7 nitrogen and oxygen atoms in total. The molecule has 1 N–H and O–H groups in total. The maximum atomic E-state index is 12.9. The molecule has 1 aliphatic rings. The van der Waals surface area contributed by atoms with Gasteiger partial charge in [0.15, 0.2) is 11.5 Å². The number of likely N-dealkylation sites (tertiary alicyclic amines) is 1. The monoisotopic (exact) mass is 401 g/mol. The molecule has 0 radical (unpaired) electrons. The number of halogens is 1.